The zero-order chi connectivity index (χ0) is 19.1. The second-order valence-electron chi connectivity index (χ2n) is 5.79. The standard InChI is InChI=1S/C14H24N4O6S/c1-7(14(23)24)16-12(21)10-3-2-4-18(10)13(22)9(5-19)17-11(20)8(15)6-25/h7-10,19,25H,2-6,15H2,1H3,(H,16,21)(H,17,20)(H,23,24). The molecule has 4 atom stereocenters. The van der Waals surface area contributed by atoms with E-state index < -0.39 is 54.5 Å². The lowest BCUT2D eigenvalue weighted by Crippen LogP contribution is -2.57. The second kappa shape index (κ2) is 9.59. The Labute approximate surface area is 150 Å². The van der Waals surface area contributed by atoms with Crippen LogP contribution in [0.15, 0.2) is 0 Å². The molecule has 0 aliphatic carbocycles. The number of carboxylic acid groups (broad SMARTS) is 1. The molecule has 0 bridgehead atoms. The summed E-state index contributed by atoms with van der Waals surface area (Å²) in [4.78, 5) is 48.6. The lowest BCUT2D eigenvalue weighted by Gasteiger charge is -2.28. The molecule has 4 unspecified atom stereocenters. The number of rotatable bonds is 8. The largest absolute Gasteiger partial charge is 0.480 e. The quantitative estimate of drug-likeness (QED) is 0.251. The summed E-state index contributed by atoms with van der Waals surface area (Å²) in [7, 11) is 0. The molecule has 1 fully saturated rings. The highest BCUT2D eigenvalue weighted by atomic mass is 32.1. The van der Waals surface area contributed by atoms with Gasteiger partial charge in [-0.1, -0.05) is 0 Å². The van der Waals surface area contributed by atoms with Crippen LogP contribution in [0.5, 0.6) is 0 Å². The Morgan fingerprint density at radius 3 is 2.48 bits per heavy atom. The van der Waals surface area contributed by atoms with Crippen molar-refractivity contribution in [3.63, 3.8) is 0 Å². The Hall–Kier alpha value is -1.85. The number of hydrogen-bond acceptors (Lipinski definition) is 7. The number of nitrogens with one attached hydrogen (secondary N) is 2. The predicted octanol–water partition coefficient (Wildman–Crippen LogP) is -2.70. The van der Waals surface area contributed by atoms with Gasteiger partial charge in [0.25, 0.3) is 0 Å². The van der Waals surface area contributed by atoms with E-state index in [9.17, 15) is 24.3 Å². The topological polar surface area (TPSA) is 162 Å². The van der Waals surface area contributed by atoms with Crippen LogP contribution in [0.1, 0.15) is 19.8 Å². The van der Waals surface area contributed by atoms with Crippen molar-refractivity contribution < 1.29 is 29.4 Å². The molecule has 1 heterocycles. The van der Waals surface area contributed by atoms with Crippen molar-refractivity contribution in [1.29, 1.82) is 0 Å². The molecule has 1 saturated heterocycles. The van der Waals surface area contributed by atoms with Crippen molar-refractivity contribution in [2.45, 2.75) is 43.9 Å². The highest BCUT2D eigenvalue weighted by molar-refractivity contribution is 7.80. The molecule has 6 N–H and O–H groups in total. The van der Waals surface area contributed by atoms with Crippen LogP contribution in [0.4, 0.5) is 0 Å². The Kier molecular flexibility index (Phi) is 8.13. The third-order valence-electron chi connectivity index (χ3n) is 3.90. The molecule has 10 nitrogen and oxygen atoms in total. The van der Waals surface area contributed by atoms with Crippen LogP contribution in [0.3, 0.4) is 0 Å². The van der Waals surface area contributed by atoms with Crippen LogP contribution >= 0.6 is 12.6 Å². The Balaban J connectivity index is 2.78. The molecule has 0 spiro atoms. The van der Waals surface area contributed by atoms with E-state index in [0.29, 0.717) is 12.8 Å². The number of likely N-dealkylation sites (tertiary alicyclic amines) is 1. The molecule has 0 aromatic heterocycles. The number of aliphatic carboxylic acids is 1. The zero-order valence-corrected chi connectivity index (χ0v) is 14.7. The van der Waals surface area contributed by atoms with Gasteiger partial charge in [0.2, 0.25) is 17.7 Å². The number of nitrogens with zero attached hydrogens (tertiary/aromatic N) is 1. The number of nitrogens with two attached hydrogens (primary N) is 1. The van der Waals surface area contributed by atoms with E-state index in [0.717, 1.165) is 0 Å². The number of thiol groups is 1. The summed E-state index contributed by atoms with van der Waals surface area (Å²) in [6.45, 7) is 0.931. The van der Waals surface area contributed by atoms with Crippen LogP contribution in [0.25, 0.3) is 0 Å². The fourth-order valence-electron chi connectivity index (χ4n) is 2.42. The minimum Gasteiger partial charge on any atom is -0.480 e. The number of carbonyl (C=O) groups excluding carboxylic acids is 3. The summed E-state index contributed by atoms with van der Waals surface area (Å²) in [6.07, 6.45) is 0.916. The third-order valence-corrected chi connectivity index (χ3v) is 4.29. The molecule has 25 heavy (non-hydrogen) atoms. The van der Waals surface area contributed by atoms with E-state index in [1.807, 2.05) is 0 Å². The van der Waals surface area contributed by atoms with E-state index in [-0.39, 0.29) is 12.3 Å². The summed E-state index contributed by atoms with van der Waals surface area (Å²) in [5.41, 5.74) is 5.52. The van der Waals surface area contributed by atoms with E-state index in [2.05, 4.69) is 23.3 Å². The van der Waals surface area contributed by atoms with Crippen molar-refractivity contribution in [3.05, 3.63) is 0 Å². The lowest BCUT2D eigenvalue weighted by molar-refractivity contribution is -0.145. The minimum absolute atomic E-state index is 0.0694. The van der Waals surface area contributed by atoms with Crippen LogP contribution in [-0.2, 0) is 19.2 Å². The van der Waals surface area contributed by atoms with Crippen LogP contribution in [0, 0.1) is 0 Å². The first-order valence-corrected chi connectivity index (χ1v) is 8.47. The van der Waals surface area contributed by atoms with Gasteiger partial charge in [-0.3, -0.25) is 19.2 Å². The normalized spacial score (nSPS) is 20.5. The van der Waals surface area contributed by atoms with Crippen molar-refractivity contribution in [2.24, 2.45) is 5.73 Å². The smallest absolute Gasteiger partial charge is 0.325 e. The summed E-state index contributed by atoms with van der Waals surface area (Å²) in [5.74, 6) is -2.97. The second-order valence-corrected chi connectivity index (χ2v) is 6.16. The highest BCUT2D eigenvalue weighted by Gasteiger charge is 2.38. The molecule has 1 aliphatic rings. The van der Waals surface area contributed by atoms with Gasteiger partial charge in [0.05, 0.1) is 12.6 Å². The van der Waals surface area contributed by atoms with Gasteiger partial charge in [0, 0.05) is 12.3 Å². The third kappa shape index (κ3) is 5.58. The van der Waals surface area contributed by atoms with Gasteiger partial charge in [-0.05, 0) is 19.8 Å². The lowest BCUT2D eigenvalue weighted by atomic mass is 10.1. The first kappa shape index (κ1) is 21.2. The molecule has 11 heteroatoms. The summed E-state index contributed by atoms with van der Waals surface area (Å²) < 4.78 is 0. The molecule has 0 saturated carbocycles. The fourth-order valence-corrected chi connectivity index (χ4v) is 2.59. The Morgan fingerprint density at radius 1 is 1.32 bits per heavy atom. The maximum absolute atomic E-state index is 12.6. The minimum atomic E-state index is -1.23. The van der Waals surface area contributed by atoms with E-state index in [4.69, 9.17) is 10.8 Å². The number of hydrogen-bond donors (Lipinski definition) is 6. The molecule has 1 rings (SSSR count). The van der Waals surface area contributed by atoms with Crippen molar-refractivity contribution >= 4 is 36.3 Å². The van der Waals surface area contributed by atoms with Crippen molar-refractivity contribution in [1.82, 2.24) is 15.5 Å². The van der Waals surface area contributed by atoms with Crippen LogP contribution < -0.4 is 16.4 Å². The summed E-state index contributed by atoms with van der Waals surface area (Å²) in [5, 5.41) is 22.9. The molecule has 3 amide bonds. The molecule has 0 aromatic carbocycles. The van der Waals surface area contributed by atoms with Crippen LogP contribution in [0.2, 0.25) is 0 Å². The molecule has 0 radical (unpaired) electrons. The first-order chi connectivity index (χ1) is 11.7. The van der Waals surface area contributed by atoms with E-state index >= 15 is 0 Å². The van der Waals surface area contributed by atoms with Gasteiger partial charge in [0.15, 0.2) is 0 Å². The number of amides is 3. The predicted molar refractivity (Wildman–Crippen MR) is 90.8 cm³/mol. The van der Waals surface area contributed by atoms with Gasteiger partial charge < -0.3 is 31.5 Å². The highest BCUT2D eigenvalue weighted by Crippen LogP contribution is 2.19. The molecule has 0 aromatic rings. The van der Waals surface area contributed by atoms with Gasteiger partial charge in [0.1, 0.15) is 18.1 Å². The van der Waals surface area contributed by atoms with Gasteiger partial charge >= 0.3 is 5.97 Å². The van der Waals surface area contributed by atoms with Gasteiger partial charge in [-0.2, -0.15) is 12.6 Å². The molecular formula is C14H24N4O6S. The fraction of sp³-hybridized carbons (Fsp3) is 0.714. The average molecular weight is 376 g/mol. The zero-order valence-electron chi connectivity index (χ0n) is 13.8. The summed E-state index contributed by atoms with van der Waals surface area (Å²) >= 11 is 3.89. The SMILES string of the molecule is CC(NC(=O)C1CCCN1C(=O)C(CO)NC(=O)C(N)CS)C(=O)O. The van der Waals surface area contributed by atoms with Gasteiger partial charge in [-0.15, -0.1) is 0 Å². The Bertz CT molecular complexity index is 531. The van der Waals surface area contributed by atoms with Crippen LogP contribution in [-0.4, -0.2) is 81.9 Å². The Morgan fingerprint density at radius 2 is 1.96 bits per heavy atom. The number of aliphatic hydroxyl groups is 1. The molecule has 142 valence electrons. The number of aliphatic hydroxyl groups excluding tert-OH is 1. The molecule has 1 aliphatic heterocycles. The van der Waals surface area contributed by atoms with E-state index in [1.54, 1.807) is 0 Å². The maximum atomic E-state index is 12.6. The number of carbonyl (C=O) groups is 4. The maximum Gasteiger partial charge on any atom is 0.325 e. The van der Waals surface area contributed by atoms with Crippen molar-refractivity contribution in [3.8, 4) is 0 Å². The van der Waals surface area contributed by atoms with Gasteiger partial charge in [-0.25, -0.2) is 0 Å². The van der Waals surface area contributed by atoms with E-state index in [1.165, 1.54) is 11.8 Å². The monoisotopic (exact) mass is 376 g/mol. The first-order valence-electron chi connectivity index (χ1n) is 7.84. The average Bonchev–Trinajstić information content (AvgIpc) is 3.07. The van der Waals surface area contributed by atoms with Crippen molar-refractivity contribution in [2.75, 3.05) is 18.9 Å². The molecular weight excluding hydrogens is 352 g/mol. The summed E-state index contributed by atoms with van der Waals surface area (Å²) in [6, 6.07) is -4.10. The number of carboxylic acids is 1.